The summed E-state index contributed by atoms with van der Waals surface area (Å²) in [5, 5.41) is 0. The molecule has 1 amide bonds. The van der Waals surface area contributed by atoms with Gasteiger partial charge in [-0.2, -0.15) is 0 Å². The first-order chi connectivity index (χ1) is 9.13. The van der Waals surface area contributed by atoms with E-state index < -0.39 is 0 Å². The van der Waals surface area contributed by atoms with Crippen LogP contribution in [0.25, 0.3) is 0 Å². The summed E-state index contributed by atoms with van der Waals surface area (Å²) in [7, 11) is 0. The molecule has 5 heteroatoms. The van der Waals surface area contributed by atoms with Crippen LogP contribution in [0.1, 0.15) is 19.8 Å². The molecule has 1 aromatic rings. The van der Waals surface area contributed by atoms with Crippen LogP contribution in [-0.2, 0) is 4.79 Å². The Hall–Kier alpha value is -1.62. The molecule has 0 fully saturated rings. The molecule has 4 nitrogen and oxygen atoms in total. The van der Waals surface area contributed by atoms with Crippen LogP contribution in [0.15, 0.2) is 30.3 Å². The van der Waals surface area contributed by atoms with Gasteiger partial charge in [-0.3, -0.25) is 4.79 Å². The zero-order valence-electron chi connectivity index (χ0n) is 11.2. The normalized spacial score (nSPS) is 9.95. The molecule has 104 valence electrons. The molecule has 1 rings (SSSR count). The molecule has 0 aromatic heterocycles. The van der Waals surface area contributed by atoms with Gasteiger partial charge in [0.1, 0.15) is 5.75 Å². The molecule has 0 aliphatic heterocycles. The Morgan fingerprint density at radius 2 is 2.00 bits per heavy atom. The number of carbonyl (C=O) groups is 1. The summed E-state index contributed by atoms with van der Waals surface area (Å²) < 4.78 is 5.50. The Morgan fingerprint density at radius 1 is 1.32 bits per heavy atom. The van der Waals surface area contributed by atoms with Crippen LogP contribution in [0.3, 0.4) is 0 Å². The maximum Gasteiger partial charge on any atom is 0.225 e. The quantitative estimate of drug-likeness (QED) is 0.740. The number of carbonyl (C=O) groups excluding carboxylic acids is 1. The number of hydrogen-bond acceptors (Lipinski definition) is 3. The molecule has 0 saturated heterocycles. The molecule has 0 bridgehead atoms. The van der Waals surface area contributed by atoms with Crippen molar-refractivity contribution in [1.29, 1.82) is 0 Å². The molecule has 0 spiro atoms. The number of ether oxygens (including phenoxy) is 1. The lowest BCUT2D eigenvalue weighted by Gasteiger charge is -2.20. The third-order valence-corrected chi connectivity index (χ3v) is 2.89. The maximum atomic E-state index is 11.9. The number of benzene rings is 1. The molecule has 1 aromatic carbocycles. The zero-order chi connectivity index (χ0) is 14.1. The number of para-hydroxylation sites is 1. The fourth-order valence-electron chi connectivity index (χ4n) is 1.64. The fourth-order valence-corrected chi connectivity index (χ4v) is 1.73. The van der Waals surface area contributed by atoms with E-state index in [2.05, 4.69) is 0 Å². The molecule has 19 heavy (non-hydrogen) atoms. The molecule has 0 unspecified atom stereocenters. The third-order valence-electron chi connectivity index (χ3n) is 2.69. The van der Waals surface area contributed by atoms with Crippen molar-refractivity contribution in [3.05, 3.63) is 30.3 Å². The fraction of sp³-hybridized carbons (Fsp3) is 0.429. The van der Waals surface area contributed by atoms with Gasteiger partial charge in [0.2, 0.25) is 5.91 Å². The summed E-state index contributed by atoms with van der Waals surface area (Å²) in [5.41, 5.74) is 5.44. The van der Waals surface area contributed by atoms with E-state index in [1.54, 1.807) is 4.90 Å². The molecule has 0 atom stereocenters. The number of nitrogens with two attached hydrogens (primary N) is 1. The van der Waals surface area contributed by atoms with Gasteiger partial charge < -0.3 is 15.4 Å². The van der Waals surface area contributed by atoms with Gasteiger partial charge in [0, 0.05) is 19.5 Å². The summed E-state index contributed by atoms with van der Waals surface area (Å²) in [6, 6.07) is 9.46. The van der Waals surface area contributed by atoms with Gasteiger partial charge in [-0.1, -0.05) is 30.4 Å². The number of nitrogens with zero attached hydrogens (tertiary/aromatic N) is 1. The van der Waals surface area contributed by atoms with E-state index in [1.165, 1.54) is 0 Å². The Balaban J connectivity index is 2.30. The minimum absolute atomic E-state index is 0.0645. The van der Waals surface area contributed by atoms with Crippen molar-refractivity contribution in [2.45, 2.75) is 19.8 Å². The van der Waals surface area contributed by atoms with Crippen molar-refractivity contribution in [3.8, 4) is 5.75 Å². The lowest BCUT2D eigenvalue weighted by molar-refractivity contribution is -0.131. The third kappa shape index (κ3) is 6.20. The van der Waals surface area contributed by atoms with Crippen LogP contribution in [0.4, 0.5) is 0 Å². The summed E-state index contributed by atoms with van der Waals surface area (Å²) in [4.78, 5) is 14.1. The molecule has 0 radical (unpaired) electrons. The van der Waals surface area contributed by atoms with E-state index in [4.69, 9.17) is 22.7 Å². The van der Waals surface area contributed by atoms with Gasteiger partial charge in [0.05, 0.1) is 18.0 Å². The molecule has 2 N–H and O–H groups in total. The van der Waals surface area contributed by atoms with Crippen molar-refractivity contribution in [2.75, 3.05) is 19.7 Å². The SMILES string of the molecule is CCN(CCC(N)=S)C(=O)CCOc1ccccc1. The first-order valence-corrected chi connectivity index (χ1v) is 6.78. The minimum atomic E-state index is 0.0645. The van der Waals surface area contributed by atoms with Crippen LogP contribution in [0.2, 0.25) is 0 Å². The summed E-state index contributed by atoms with van der Waals surface area (Å²) in [6.07, 6.45) is 0.925. The number of rotatable bonds is 8. The highest BCUT2D eigenvalue weighted by atomic mass is 32.1. The van der Waals surface area contributed by atoms with Crippen molar-refractivity contribution in [1.82, 2.24) is 4.90 Å². The van der Waals surface area contributed by atoms with E-state index in [0.717, 1.165) is 5.75 Å². The van der Waals surface area contributed by atoms with E-state index in [1.807, 2.05) is 37.3 Å². The van der Waals surface area contributed by atoms with Crippen molar-refractivity contribution < 1.29 is 9.53 Å². The summed E-state index contributed by atoms with van der Waals surface area (Å²) >= 11 is 4.81. The highest BCUT2D eigenvalue weighted by molar-refractivity contribution is 7.80. The molecular weight excluding hydrogens is 260 g/mol. The van der Waals surface area contributed by atoms with E-state index >= 15 is 0 Å². The number of amides is 1. The number of hydrogen-bond donors (Lipinski definition) is 1. The smallest absolute Gasteiger partial charge is 0.225 e. The van der Waals surface area contributed by atoms with Crippen LogP contribution in [-0.4, -0.2) is 35.5 Å². The van der Waals surface area contributed by atoms with Crippen LogP contribution in [0.5, 0.6) is 5.75 Å². The maximum absolute atomic E-state index is 11.9. The van der Waals surface area contributed by atoms with Crippen molar-refractivity contribution in [2.24, 2.45) is 5.73 Å². The second-order valence-electron chi connectivity index (χ2n) is 4.10. The highest BCUT2D eigenvalue weighted by Gasteiger charge is 2.11. The summed E-state index contributed by atoms with van der Waals surface area (Å²) in [6.45, 7) is 3.56. The second-order valence-corrected chi connectivity index (χ2v) is 4.63. The average Bonchev–Trinajstić information content (AvgIpc) is 2.40. The summed E-state index contributed by atoms with van der Waals surface area (Å²) in [5.74, 6) is 0.844. The Morgan fingerprint density at radius 3 is 2.58 bits per heavy atom. The molecule has 0 aliphatic carbocycles. The van der Waals surface area contributed by atoms with Crippen molar-refractivity contribution in [3.63, 3.8) is 0 Å². The number of thiocarbonyl (C=S) groups is 1. The Labute approximate surface area is 119 Å². The van der Waals surface area contributed by atoms with E-state index in [9.17, 15) is 4.79 Å². The zero-order valence-corrected chi connectivity index (χ0v) is 12.0. The second kappa shape index (κ2) is 8.48. The first kappa shape index (κ1) is 15.4. The van der Waals surface area contributed by atoms with Crippen LogP contribution in [0, 0.1) is 0 Å². The minimum Gasteiger partial charge on any atom is -0.493 e. The lowest BCUT2D eigenvalue weighted by atomic mass is 10.3. The molecule has 0 saturated carbocycles. The molecular formula is C14H20N2O2S. The Kier molecular flexibility index (Phi) is 6.89. The largest absolute Gasteiger partial charge is 0.493 e. The van der Waals surface area contributed by atoms with Gasteiger partial charge in [-0.25, -0.2) is 0 Å². The lowest BCUT2D eigenvalue weighted by Crippen LogP contribution is -2.34. The average molecular weight is 280 g/mol. The van der Waals surface area contributed by atoms with Gasteiger partial charge in [0.15, 0.2) is 0 Å². The van der Waals surface area contributed by atoms with E-state index in [-0.39, 0.29) is 5.91 Å². The van der Waals surface area contributed by atoms with Crippen LogP contribution < -0.4 is 10.5 Å². The van der Waals surface area contributed by atoms with Gasteiger partial charge in [0.25, 0.3) is 0 Å². The highest BCUT2D eigenvalue weighted by Crippen LogP contribution is 2.08. The monoisotopic (exact) mass is 280 g/mol. The molecule has 0 heterocycles. The van der Waals surface area contributed by atoms with Gasteiger partial charge in [-0.05, 0) is 19.1 Å². The molecule has 0 aliphatic rings. The topological polar surface area (TPSA) is 55.6 Å². The van der Waals surface area contributed by atoms with Crippen molar-refractivity contribution >= 4 is 23.1 Å². The predicted molar refractivity (Wildman–Crippen MR) is 80.2 cm³/mol. The van der Waals surface area contributed by atoms with Gasteiger partial charge >= 0.3 is 0 Å². The first-order valence-electron chi connectivity index (χ1n) is 6.37. The van der Waals surface area contributed by atoms with E-state index in [0.29, 0.717) is 37.5 Å². The standard InChI is InChI=1S/C14H20N2O2S/c1-2-16(10-8-13(15)19)14(17)9-11-18-12-6-4-3-5-7-12/h3-7H,2,8-11H2,1H3,(H2,15,19). The van der Waals surface area contributed by atoms with Crippen LogP contribution >= 0.6 is 12.2 Å². The predicted octanol–water partition coefficient (Wildman–Crippen LogP) is 1.98. The van der Waals surface area contributed by atoms with Gasteiger partial charge in [-0.15, -0.1) is 0 Å². The Bertz CT molecular complexity index is 409.